The van der Waals surface area contributed by atoms with Crippen molar-refractivity contribution in [1.29, 1.82) is 0 Å². The Bertz CT molecular complexity index is 2050. The molecule has 5 aliphatic carbocycles. The highest BCUT2D eigenvalue weighted by atomic mass is 16.6. The predicted octanol–water partition coefficient (Wildman–Crippen LogP) is 8.36. The number of carbonyl (C=O) groups is 3. The van der Waals surface area contributed by atoms with Gasteiger partial charge in [-0.3, -0.25) is 15.0 Å². The van der Waals surface area contributed by atoms with E-state index in [-0.39, 0.29) is 39.5 Å². The van der Waals surface area contributed by atoms with E-state index in [1.54, 1.807) is 48.5 Å². The lowest BCUT2D eigenvalue weighted by molar-refractivity contribution is -0.276. The molecule has 10 rings (SSSR count). The molecule has 0 aromatic heterocycles. The van der Waals surface area contributed by atoms with E-state index in [2.05, 4.69) is 50.9 Å². The van der Waals surface area contributed by atoms with Crippen molar-refractivity contribution >= 4 is 23.5 Å². The SMILES string of the molecule is CC(=O)c1ccc(OC(=O)c2ccc(NC(=O)Oc3ccc4c5c3O[C@H]3[C@]6(C)CC[C@@]7(C[C@@H]6[C@@](C)(O)C(C)(C)C)[C@@H](C4)N(CC4CC4)CC[C@]537)cc2)cc1. The highest BCUT2D eigenvalue weighted by molar-refractivity contribution is 5.95. The van der Waals surface area contributed by atoms with Gasteiger partial charge >= 0.3 is 12.1 Å². The van der Waals surface area contributed by atoms with E-state index in [1.807, 2.05) is 6.07 Å². The Balaban J connectivity index is 0.990. The van der Waals surface area contributed by atoms with Crippen LogP contribution in [0.1, 0.15) is 112 Å². The molecular formula is C45H52N2O7. The van der Waals surface area contributed by atoms with E-state index in [9.17, 15) is 19.5 Å². The Kier molecular flexibility index (Phi) is 7.82. The monoisotopic (exact) mass is 732 g/mol. The first-order valence-corrected chi connectivity index (χ1v) is 19.8. The molecule has 3 aromatic carbocycles. The van der Waals surface area contributed by atoms with E-state index < -0.39 is 17.7 Å². The van der Waals surface area contributed by atoms with Crippen LogP contribution in [-0.4, -0.2) is 58.7 Å². The topological polar surface area (TPSA) is 114 Å². The number of hydrogen-bond donors (Lipinski definition) is 2. The number of nitrogens with one attached hydrogen (secondary N) is 1. The third kappa shape index (κ3) is 5.06. The second-order valence-electron chi connectivity index (χ2n) is 18.7. The van der Waals surface area contributed by atoms with Crippen LogP contribution in [0.2, 0.25) is 0 Å². The summed E-state index contributed by atoms with van der Waals surface area (Å²) in [5, 5.41) is 15.3. The number of ketones is 1. The number of nitrogens with zero attached hydrogens (tertiary/aromatic N) is 1. The number of carbonyl (C=O) groups excluding carboxylic acids is 3. The molecule has 9 nitrogen and oxygen atoms in total. The number of likely N-dealkylation sites (tertiary alicyclic amines) is 1. The average molecular weight is 733 g/mol. The van der Waals surface area contributed by atoms with Crippen LogP contribution in [-0.2, 0) is 11.8 Å². The molecule has 0 radical (unpaired) electrons. The summed E-state index contributed by atoms with van der Waals surface area (Å²) in [4.78, 5) is 40.7. The van der Waals surface area contributed by atoms with Crippen molar-refractivity contribution in [3.8, 4) is 17.2 Å². The smallest absolute Gasteiger partial charge is 0.417 e. The van der Waals surface area contributed by atoms with Gasteiger partial charge in [0.05, 0.1) is 11.2 Å². The molecule has 2 aliphatic heterocycles. The maximum atomic E-state index is 13.5. The number of aliphatic hydroxyl groups is 1. The molecule has 9 heteroatoms. The number of piperidine rings is 1. The third-order valence-corrected chi connectivity index (χ3v) is 15.0. The molecule has 7 atom stereocenters. The maximum absolute atomic E-state index is 13.5. The van der Waals surface area contributed by atoms with Crippen LogP contribution in [0.25, 0.3) is 0 Å². The summed E-state index contributed by atoms with van der Waals surface area (Å²) in [6.45, 7) is 14.6. The number of Topliss-reactive ketones (excluding diaryl/α,β-unsaturated/α-hetero) is 1. The number of ether oxygens (including phenoxy) is 3. The molecule has 5 fully saturated rings. The minimum atomic E-state index is -0.905. The van der Waals surface area contributed by atoms with Crippen LogP contribution in [0.4, 0.5) is 10.5 Å². The van der Waals surface area contributed by atoms with E-state index in [0.29, 0.717) is 40.1 Å². The number of rotatable bonds is 8. The van der Waals surface area contributed by atoms with E-state index in [4.69, 9.17) is 14.2 Å². The largest absolute Gasteiger partial charge is 0.485 e. The predicted molar refractivity (Wildman–Crippen MR) is 204 cm³/mol. The zero-order valence-electron chi connectivity index (χ0n) is 32.3. The van der Waals surface area contributed by atoms with E-state index in [0.717, 1.165) is 51.1 Å². The van der Waals surface area contributed by atoms with E-state index >= 15 is 0 Å². The van der Waals surface area contributed by atoms with Crippen LogP contribution < -0.4 is 19.5 Å². The second-order valence-corrected chi connectivity index (χ2v) is 18.7. The van der Waals surface area contributed by atoms with Crippen LogP contribution in [0.3, 0.4) is 0 Å². The van der Waals surface area contributed by atoms with Crippen LogP contribution in [0, 0.1) is 28.1 Å². The first-order valence-electron chi connectivity index (χ1n) is 19.8. The van der Waals surface area contributed by atoms with Crippen molar-refractivity contribution in [3.05, 3.63) is 82.9 Å². The number of benzene rings is 3. The Morgan fingerprint density at radius 2 is 1.63 bits per heavy atom. The fourth-order valence-electron chi connectivity index (χ4n) is 11.6. The number of hydrogen-bond acceptors (Lipinski definition) is 8. The Morgan fingerprint density at radius 1 is 0.926 bits per heavy atom. The number of anilines is 1. The molecule has 284 valence electrons. The van der Waals surface area contributed by atoms with Gasteiger partial charge in [0.1, 0.15) is 11.9 Å². The van der Waals surface area contributed by atoms with Crippen LogP contribution >= 0.6 is 0 Å². The lowest BCUT2D eigenvalue weighted by atomic mass is 9.31. The summed E-state index contributed by atoms with van der Waals surface area (Å²) in [6, 6.07) is 17.3. The van der Waals surface area contributed by atoms with Crippen molar-refractivity contribution in [3.63, 3.8) is 0 Å². The van der Waals surface area contributed by atoms with Crippen molar-refractivity contribution in [1.82, 2.24) is 4.90 Å². The molecule has 54 heavy (non-hydrogen) atoms. The first kappa shape index (κ1) is 35.5. The standard InChI is InChI=1S/C45H52N2O7/c1-26(48)28-11-16-32(17-12-28)52-38(49)29-9-14-31(15-10-29)46-40(50)53-33-18-13-30-23-35-44-20-19-42(5,34(24-44)43(6,51)41(2,3)4)39-45(44,36(30)37(33)54-39)21-22-47(35)25-27-7-8-27/h9-18,27,34-35,39,51H,7-8,19-25H2,1-6H3,(H,46,50)/t34-,35+,39-,42+,43+,44+,45-/m0/s1. The molecule has 2 spiro atoms. The number of amides is 1. The average Bonchev–Trinajstić information content (AvgIpc) is 3.87. The van der Waals surface area contributed by atoms with Gasteiger partial charge in [-0.15, -0.1) is 0 Å². The normalized spacial score (nSPS) is 31.5. The van der Waals surface area contributed by atoms with Gasteiger partial charge in [-0.2, -0.15) is 0 Å². The van der Waals surface area contributed by atoms with Crippen LogP contribution in [0.5, 0.6) is 17.2 Å². The summed E-state index contributed by atoms with van der Waals surface area (Å²) in [5.74, 6) is 1.68. The molecule has 4 bridgehead atoms. The molecule has 3 aromatic rings. The Morgan fingerprint density at radius 3 is 2.30 bits per heavy atom. The molecule has 2 N–H and O–H groups in total. The highest BCUT2D eigenvalue weighted by Crippen LogP contribution is 2.79. The van der Waals surface area contributed by atoms with Gasteiger partial charge in [0.25, 0.3) is 0 Å². The fourth-order valence-corrected chi connectivity index (χ4v) is 11.6. The Hall–Kier alpha value is -4.21. The third-order valence-electron chi connectivity index (χ3n) is 15.0. The highest BCUT2D eigenvalue weighted by Gasteiger charge is 2.80. The van der Waals surface area contributed by atoms with Gasteiger partial charge in [-0.1, -0.05) is 33.8 Å². The summed E-state index contributed by atoms with van der Waals surface area (Å²) in [6.07, 6.45) is 6.92. The number of esters is 1. The van der Waals surface area contributed by atoms with Gasteiger partial charge in [0.15, 0.2) is 17.3 Å². The summed E-state index contributed by atoms with van der Waals surface area (Å²) in [5.41, 5.74) is 2.14. The summed E-state index contributed by atoms with van der Waals surface area (Å²) >= 11 is 0. The van der Waals surface area contributed by atoms with Crippen molar-refractivity contribution in [2.24, 2.45) is 28.1 Å². The molecule has 1 saturated heterocycles. The van der Waals surface area contributed by atoms with Gasteiger partial charge in [0.2, 0.25) is 0 Å². The molecule has 7 aliphatic rings. The quantitative estimate of drug-likeness (QED) is 0.135. The van der Waals surface area contributed by atoms with Crippen LogP contribution in [0.15, 0.2) is 60.7 Å². The van der Waals surface area contributed by atoms with Gasteiger partial charge in [0, 0.05) is 45.6 Å². The maximum Gasteiger partial charge on any atom is 0.417 e. The summed E-state index contributed by atoms with van der Waals surface area (Å²) in [7, 11) is 0. The molecule has 1 amide bonds. The molecular weight excluding hydrogens is 681 g/mol. The number of fused-ring (bicyclic) bond motifs is 2. The van der Waals surface area contributed by atoms with Crippen molar-refractivity contribution in [2.75, 3.05) is 18.4 Å². The molecule has 0 unspecified atom stereocenters. The van der Waals surface area contributed by atoms with Gasteiger partial charge in [-0.05, 0) is 143 Å². The molecule has 4 saturated carbocycles. The minimum absolute atomic E-state index is 0.0392. The lowest BCUT2D eigenvalue weighted by Gasteiger charge is -2.75. The fraction of sp³-hybridized carbons (Fsp3) is 0.533. The summed E-state index contributed by atoms with van der Waals surface area (Å²) < 4.78 is 18.8. The van der Waals surface area contributed by atoms with E-state index in [1.165, 1.54) is 30.9 Å². The zero-order chi connectivity index (χ0) is 38.0. The zero-order valence-corrected chi connectivity index (χ0v) is 32.3. The second kappa shape index (κ2) is 11.9. The Labute approximate surface area is 317 Å². The first-order chi connectivity index (χ1) is 25.6. The molecule has 2 heterocycles. The lowest BCUT2D eigenvalue weighted by Crippen LogP contribution is -2.80. The van der Waals surface area contributed by atoms with Gasteiger partial charge < -0.3 is 19.3 Å². The minimum Gasteiger partial charge on any atom is -0.485 e. The van der Waals surface area contributed by atoms with Crippen molar-refractivity contribution in [2.45, 2.75) is 110 Å². The van der Waals surface area contributed by atoms with Gasteiger partial charge in [-0.25, -0.2) is 9.59 Å². The van der Waals surface area contributed by atoms with Crippen molar-refractivity contribution < 1.29 is 33.7 Å².